The fourth-order valence-corrected chi connectivity index (χ4v) is 3.06. The monoisotopic (exact) mass is 333 g/mol. The van der Waals surface area contributed by atoms with Gasteiger partial charge < -0.3 is 14.2 Å². The summed E-state index contributed by atoms with van der Waals surface area (Å²) in [5.74, 6) is -0.991. The smallest absolute Gasteiger partial charge is 0.349 e. The van der Waals surface area contributed by atoms with Crippen molar-refractivity contribution in [2.45, 2.75) is 71.2 Å². The Balaban J connectivity index is 2.00. The van der Waals surface area contributed by atoms with Gasteiger partial charge in [0.2, 0.25) is 0 Å². The van der Waals surface area contributed by atoms with Crippen molar-refractivity contribution in [3.63, 3.8) is 0 Å². The van der Waals surface area contributed by atoms with E-state index in [1.165, 1.54) is 5.57 Å². The first-order chi connectivity index (χ1) is 11.4. The second-order valence-corrected chi connectivity index (χ2v) is 6.79. The van der Waals surface area contributed by atoms with Crippen LogP contribution in [-0.4, -0.2) is 31.1 Å². The zero-order valence-electron chi connectivity index (χ0n) is 14.9. The molecule has 0 saturated carbocycles. The Morgan fingerprint density at radius 3 is 2.88 bits per heavy atom. The summed E-state index contributed by atoms with van der Waals surface area (Å²) >= 11 is 0. The first-order valence-corrected chi connectivity index (χ1v) is 8.76. The summed E-state index contributed by atoms with van der Waals surface area (Å²) in [6.45, 7) is 6.75. The third kappa shape index (κ3) is 5.19. The molecule has 24 heavy (non-hydrogen) atoms. The van der Waals surface area contributed by atoms with E-state index in [4.69, 9.17) is 14.2 Å². The molecule has 2 rings (SSSR count). The zero-order chi connectivity index (χ0) is 17.6. The van der Waals surface area contributed by atoms with Crippen LogP contribution in [0.5, 0.6) is 0 Å². The number of carbonyl (C=O) groups is 1. The SMILES string of the molecule is CCCOC(=O)/C(C#N)=C1\C=C(CCC2COC(C)(C)O2)CCC1. The van der Waals surface area contributed by atoms with Crippen molar-refractivity contribution in [1.82, 2.24) is 0 Å². The van der Waals surface area contributed by atoms with E-state index in [0.29, 0.717) is 13.2 Å². The molecule has 0 aromatic carbocycles. The van der Waals surface area contributed by atoms with Gasteiger partial charge in [-0.15, -0.1) is 0 Å². The summed E-state index contributed by atoms with van der Waals surface area (Å²) in [6, 6.07) is 2.02. The first kappa shape index (κ1) is 18.7. The topological polar surface area (TPSA) is 68.6 Å². The normalized spacial score (nSPS) is 24.9. The van der Waals surface area contributed by atoms with Crippen molar-refractivity contribution in [2.75, 3.05) is 13.2 Å². The van der Waals surface area contributed by atoms with Gasteiger partial charge in [-0.2, -0.15) is 5.26 Å². The van der Waals surface area contributed by atoms with E-state index in [1.54, 1.807) is 0 Å². The van der Waals surface area contributed by atoms with Crippen molar-refractivity contribution in [3.8, 4) is 6.07 Å². The maximum Gasteiger partial charge on any atom is 0.349 e. The molecule has 1 aliphatic carbocycles. The highest BCUT2D eigenvalue weighted by Crippen LogP contribution is 2.31. The van der Waals surface area contributed by atoms with Crippen molar-refractivity contribution in [1.29, 1.82) is 5.26 Å². The molecule has 0 aromatic heterocycles. The van der Waals surface area contributed by atoms with Gasteiger partial charge in [-0.3, -0.25) is 0 Å². The van der Waals surface area contributed by atoms with Gasteiger partial charge in [0.05, 0.1) is 19.3 Å². The lowest BCUT2D eigenvalue weighted by atomic mass is 9.89. The van der Waals surface area contributed by atoms with E-state index in [9.17, 15) is 10.1 Å². The molecule has 0 radical (unpaired) electrons. The maximum atomic E-state index is 12.0. The minimum absolute atomic E-state index is 0.111. The minimum Gasteiger partial charge on any atom is -0.462 e. The van der Waals surface area contributed by atoms with Crippen LogP contribution in [0.2, 0.25) is 0 Å². The van der Waals surface area contributed by atoms with E-state index in [2.05, 4.69) is 0 Å². The number of carbonyl (C=O) groups excluding carboxylic acids is 1. The number of esters is 1. The van der Waals surface area contributed by atoms with Gasteiger partial charge in [-0.1, -0.05) is 18.6 Å². The Morgan fingerprint density at radius 1 is 1.46 bits per heavy atom. The number of nitriles is 1. The van der Waals surface area contributed by atoms with E-state index in [0.717, 1.165) is 44.1 Å². The highest BCUT2D eigenvalue weighted by atomic mass is 16.7. The van der Waals surface area contributed by atoms with Crippen LogP contribution in [0.3, 0.4) is 0 Å². The standard InChI is InChI=1S/C19H27NO4/c1-4-10-22-18(21)17(12-20)15-7-5-6-14(11-15)8-9-16-13-23-19(2,3)24-16/h11,16H,4-10,13H2,1-3H3/b17-15-. The van der Waals surface area contributed by atoms with Crippen molar-refractivity contribution in [3.05, 3.63) is 22.8 Å². The number of nitrogens with zero attached hydrogens (tertiary/aromatic N) is 1. The zero-order valence-corrected chi connectivity index (χ0v) is 14.9. The van der Waals surface area contributed by atoms with Gasteiger partial charge >= 0.3 is 5.97 Å². The Bertz CT molecular complexity index is 568. The van der Waals surface area contributed by atoms with Crippen LogP contribution in [0.1, 0.15) is 59.3 Å². The van der Waals surface area contributed by atoms with Gasteiger partial charge in [-0.25, -0.2) is 4.79 Å². The average Bonchev–Trinajstić information content (AvgIpc) is 2.91. The summed E-state index contributed by atoms with van der Waals surface area (Å²) in [5, 5.41) is 9.32. The van der Waals surface area contributed by atoms with Gasteiger partial charge in [-0.05, 0) is 57.9 Å². The van der Waals surface area contributed by atoms with Crippen LogP contribution in [0.15, 0.2) is 22.8 Å². The Morgan fingerprint density at radius 2 is 2.25 bits per heavy atom. The predicted octanol–water partition coefficient (Wildman–Crippen LogP) is 3.80. The largest absolute Gasteiger partial charge is 0.462 e. The van der Waals surface area contributed by atoms with E-state index in [1.807, 2.05) is 32.9 Å². The molecule has 1 saturated heterocycles. The van der Waals surface area contributed by atoms with Crippen LogP contribution < -0.4 is 0 Å². The lowest BCUT2D eigenvalue weighted by Crippen LogP contribution is -2.21. The fraction of sp³-hybridized carbons (Fsp3) is 0.684. The third-order valence-electron chi connectivity index (χ3n) is 4.25. The molecule has 1 heterocycles. The molecule has 0 amide bonds. The predicted molar refractivity (Wildman–Crippen MR) is 90.0 cm³/mol. The number of ether oxygens (including phenoxy) is 3. The molecule has 0 bridgehead atoms. The van der Waals surface area contributed by atoms with E-state index >= 15 is 0 Å². The van der Waals surface area contributed by atoms with E-state index in [-0.39, 0.29) is 11.7 Å². The molecule has 0 aromatic rings. The maximum absolute atomic E-state index is 12.0. The van der Waals surface area contributed by atoms with Gasteiger partial charge in [0.1, 0.15) is 11.6 Å². The molecule has 0 N–H and O–H groups in total. The Labute approximate surface area is 144 Å². The summed E-state index contributed by atoms with van der Waals surface area (Å²) in [4.78, 5) is 12.0. The Kier molecular flexibility index (Phi) is 6.59. The summed E-state index contributed by atoms with van der Waals surface area (Å²) in [6.07, 6.45) is 7.38. The molecule has 0 spiro atoms. The van der Waals surface area contributed by atoms with Crippen LogP contribution in [0.4, 0.5) is 0 Å². The second-order valence-electron chi connectivity index (χ2n) is 6.79. The van der Waals surface area contributed by atoms with Crippen LogP contribution in [0.25, 0.3) is 0 Å². The van der Waals surface area contributed by atoms with Gasteiger partial charge in [0, 0.05) is 0 Å². The molecule has 132 valence electrons. The molecule has 1 atom stereocenters. The Hall–Kier alpha value is -1.64. The first-order valence-electron chi connectivity index (χ1n) is 8.76. The molecule has 5 nitrogen and oxygen atoms in total. The molecule has 1 aliphatic heterocycles. The number of allylic oxidation sites excluding steroid dienone is 3. The average molecular weight is 333 g/mol. The van der Waals surface area contributed by atoms with Gasteiger partial charge in [0.25, 0.3) is 0 Å². The number of hydrogen-bond acceptors (Lipinski definition) is 5. The van der Waals surface area contributed by atoms with Crippen LogP contribution in [-0.2, 0) is 19.0 Å². The summed E-state index contributed by atoms with van der Waals surface area (Å²) in [7, 11) is 0. The number of rotatable bonds is 6. The molecule has 1 fully saturated rings. The van der Waals surface area contributed by atoms with Crippen molar-refractivity contribution < 1.29 is 19.0 Å². The number of hydrogen-bond donors (Lipinski definition) is 0. The molecule has 1 unspecified atom stereocenters. The van der Waals surface area contributed by atoms with Crippen LogP contribution >= 0.6 is 0 Å². The summed E-state index contributed by atoms with van der Waals surface area (Å²) < 4.78 is 16.5. The second kappa shape index (κ2) is 8.46. The fourth-order valence-electron chi connectivity index (χ4n) is 3.06. The highest BCUT2D eigenvalue weighted by Gasteiger charge is 2.32. The lowest BCUT2D eigenvalue weighted by molar-refractivity contribution is -0.139. The van der Waals surface area contributed by atoms with Crippen molar-refractivity contribution in [2.24, 2.45) is 0 Å². The quantitative estimate of drug-likeness (QED) is 0.420. The minimum atomic E-state index is -0.499. The lowest BCUT2D eigenvalue weighted by Gasteiger charge is -2.19. The van der Waals surface area contributed by atoms with Crippen molar-refractivity contribution >= 4 is 5.97 Å². The molecular formula is C19H27NO4. The molecular weight excluding hydrogens is 306 g/mol. The van der Waals surface area contributed by atoms with Crippen LogP contribution in [0, 0.1) is 11.3 Å². The third-order valence-corrected chi connectivity index (χ3v) is 4.25. The molecule has 5 heteroatoms. The molecule has 2 aliphatic rings. The summed E-state index contributed by atoms with van der Waals surface area (Å²) in [5.41, 5.74) is 2.23. The van der Waals surface area contributed by atoms with E-state index < -0.39 is 11.8 Å². The highest BCUT2D eigenvalue weighted by molar-refractivity contribution is 5.94. The van der Waals surface area contributed by atoms with Gasteiger partial charge in [0.15, 0.2) is 5.79 Å².